The van der Waals surface area contributed by atoms with Gasteiger partial charge in [0.05, 0.1) is 6.54 Å². The van der Waals surface area contributed by atoms with Crippen LogP contribution in [0.4, 0.5) is 4.79 Å². The van der Waals surface area contributed by atoms with Gasteiger partial charge in [0, 0.05) is 25.2 Å². The molecule has 1 fully saturated rings. The smallest absolute Gasteiger partial charge is 0.410 e. The molecule has 19 heavy (non-hydrogen) atoms. The lowest BCUT2D eigenvalue weighted by atomic mass is 10.2. The Morgan fingerprint density at radius 1 is 1.42 bits per heavy atom. The molecule has 0 saturated carbocycles. The van der Waals surface area contributed by atoms with E-state index in [1.54, 1.807) is 11.1 Å². The van der Waals surface area contributed by atoms with Crippen LogP contribution in [-0.4, -0.2) is 40.8 Å². The number of rotatable bonds is 2. The summed E-state index contributed by atoms with van der Waals surface area (Å²) in [6.45, 7) is 6.80. The molecule has 1 unspecified atom stereocenters. The average molecular weight is 264 g/mol. The summed E-state index contributed by atoms with van der Waals surface area (Å²) in [6.07, 6.45) is 2.20. The van der Waals surface area contributed by atoms with Crippen molar-refractivity contribution >= 4 is 6.09 Å². The third kappa shape index (κ3) is 4.12. The Morgan fingerprint density at radius 3 is 2.84 bits per heavy atom. The van der Waals surface area contributed by atoms with Crippen LogP contribution in [0.15, 0.2) is 24.4 Å². The van der Waals surface area contributed by atoms with Gasteiger partial charge in [-0.25, -0.2) is 9.78 Å². The summed E-state index contributed by atoms with van der Waals surface area (Å²) in [5, 5.41) is 0. The normalized spacial score (nSPS) is 19.3. The van der Waals surface area contributed by atoms with Gasteiger partial charge in [0.1, 0.15) is 11.7 Å². The first kappa shape index (κ1) is 13.6. The quantitative estimate of drug-likeness (QED) is 0.823. The molecule has 5 nitrogen and oxygen atoms in total. The number of nitrogens with zero attached hydrogens (tertiary/aromatic N) is 2. The Labute approximate surface area is 113 Å². The van der Waals surface area contributed by atoms with Crippen molar-refractivity contribution in [1.29, 1.82) is 0 Å². The maximum absolute atomic E-state index is 11.9. The maximum atomic E-state index is 11.9. The number of carbonyl (C=O) groups is 1. The van der Waals surface area contributed by atoms with Crippen LogP contribution >= 0.6 is 0 Å². The van der Waals surface area contributed by atoms with Crippen molar-refractivity contribution in [3.63, 3.8) is 0 Å². The van der Waals surface area contributed by atoms with Gasteiger partial charge in [-0.1, -0.05) is 6.07 Å². The van der Waals surface area contributed by atoms with Gasteiger partial charge < -0.3 is 14.4 Å². The summed E-state index contributed by atoms with van der Waals surface area (Å²) in [6, 6.07) is 5.54. The highest BCUT2D eigenvalue weighted by molar-refractivity contribution is 5.68. The molecular formula is C14H20N2O3. The number of ether oxygens (including phenoxy) is 2. The van der Waals surface area contributed by atoms with Crippen molar-refractivity contribution in [1.82, 2.24) is 9.88 Å². The van der Waals surface area contributed by atoms with E-state index < -0.39 is 5.60 Å². The van der Waals surface area contributed by atoms with E-state index in [9.17, 15) is 4.79 Å². The molecule has 0 aromatic carbocycles. The largest absolute Gasteiger partial charge is 0.472 e. The third-order valence-electron chi connectivity index (χ3n) is 2.72. The molecule has 0 spiro atoms. The fraction of sp³-hybridized carbons (Fsp3) is 0.571. The van der Waals surface area contributed by atoms with Gasteiger partial charge >= 0.3 is 6.09 Å². The monoisotopic (exact) mass is 264 g/mol. The van der Waals surface area contributed by atoms with E-state index in [4.69, 9.17) is 9.47 Å². The molecular weight excluding hydrogens is 244 g/mol. The number of carbonyl (C=O) groups excluding carboxylic acids is 1. The minimum atomic E-state index is -0.461. The van der Waals surface area contributed by atoms with Crippen molar-refractivity contribution in [2.75, 3.05) is 13.1 Å². The molecule has 2 rings (SSSR count). The molecule has 1 amide bonds. The number of aromatic nitrogens is 1. The van der Waals surface area contributed by atoms with Gasteiger partial charge in [-0.3, -0.25) is 0 Å². The molecule has 1 aromatic rings. The molecule has 1 aliphatic heterocycles. The van der Waals surface area contributed by atoms with Crippen LogP contribution in [0.5, 0.6) is 5.88 Å². The lowest BCUT2D eigenvalue weighted by molar-refractivity contribution is 0.0275. The fourth-order valence-electron chi connectivity index (χ4n) is 1.90. The Hall–Kier alpha value is -1.78. The molecule has 1 aromatic heterocycles. The zero-order chi connectivity index (χ0) is 13.9. The third-order valence-corrected chi connectivity index (χ3v) is 2.72. The Bertz CT molecular complexity index is 428. The highest BCUT2D eigenvalue weighted by Gasteiger charge is 2.30. The Morgan fingerprint density at radius 2 is 2.21 bits per heavy atom. The van der Waals surface area contributed by atoms with Gasteiger partial charge in [-0.15, -0.1) is 0 Å². The lowest BCUT2D eigenvalue weighted by Gasteiger charge is -2.24. The number of likely N-dealkylation sites (tertiary alicyclic amines) is 1. The first-order valence-corrected chi connectivity index (χ1v) is 6.50. The molecule has 0 N–H and O–H groups in total. The van der Waals surface area contributed by atoms with Crippen LogP contribution in [0.25, 0.3) is 0 Å². The summed E-state index contributed by atoms with van der Waals surface area (Å²) in [5.74, 6) is 0.596. The zero-order valence-corrected chi connectivity index (χ0v) is 11.6. The van der Waals surface area contributed by atoms with Crippen LogP contribution in [0.2, 0.25) is 0 Å². The summed E-state index contributed by atoms with van der Waals surface area (Å²) < 4.78 is 11.1. The van der Waals surface area contributed by atoms with E-state index in [-0.39, 0.29) is 12.2 Å². The van der Waals surface area contributed by atoms with Crippen LogP contribution in [-0.2, 0) is 4.74 Å². The van der Waals surface area contributed by atoms with Crippen molar-refractivity contribution in [2.45, 2.75) is 38.9 Å². The van der Waals surface area contributed by atoms with Crippen molar-refractivity contribution < 1.29 is 14.3 Å². The van der Waals surface area contributed by atoms with E-state index in [0.717, 1.165) is 6.42 Å². The van der Waals surface area contributed by atoms with Gasteiger partial charge in [0.2, 0.25) is 5.88 Å². The van der Waals surface area contributed by atoms with Gasteiger partial charge in [-0.05, 0) is 26.8 Å². The van der Waals surface area contributed by atoms with Crippen LogP contribution in [0, 0.1) is 0 Å². The lowest BCUT2D eigenvalue weighted by Crippen LogP contribution is -2.36. The molecule has 0 radical (unpaired) electrons. The van der Waals surface area contributed by atoms with E-state index in [1.807, 2.05) is 39.0 Å². The van der Waals surface area contributed by atoms with Crippen LogP contribution < -0.4 is 4.74 Å². The van der Waals surface area contributed by atoms with Crippen molar-refractivity contribution in [3.8, 4) is 5.88 Å². The summed E-state index contributed by atoms with van der Waals surface area (Å²) in [4.78, 5) is 17.7. The number of hydrogen-bond acceptors (Lipinski definition) is 4. The molecule has 104 valence electrons. The molecule has 5 heteroatoms. The first-order chi connectivity index (χ1) is 8.94. The van der Waals surface area contributed by atoms with E-state index in [2.05, 4.69) is 4.98 Å². The van der Waals surface area contributed by atoms with Crippen molar-refractivity contribution in [2.24, 2.45) is 0 Å². The predicted octanol–water partition coefficient (Wildman–Crippen LogP) is 2.47. The van der Waals surface area contributed by atoms with Gasteiger partial charge in [0.25, 0.3) is 0 Å². The molecule has 0 aliphatic carbocycles. The number of amides is 1. The standard InChI is InChI=1S/C14H20N2O3/c1-14(2,3)19-13(17)16-9-7-11(10-16)18-12-6-4-5-8-15-12/h4-6,8,11H,7,9-10H2,1-3H3. The summed E-state index contributed by atoms with van der Waals surface area (Å²) in [7, 11) is 0. The number of pyridine rings is 1. The minimum absolute atomic E-state index is 0.0116. The van der Waals surface area contributed by atoms with Crippen LogP contribution in [0.1, 0.15) is 27.2 Å². The Balaban J connectivity index is 1.85. The topological polar surface area (TPSA) is 51.7 Å². The highest BCUT2D eigenvalue weighted by Crippen LogP contribution is 2.18. The van der Waals surface area contributed by atoms with E-state index in [1.165, 1.54) is 0 Å². The van der Waals surface area contributed by atoms with Gasteiger partial charge in [-0.2, -0.15) is 0 Å². The van der Waals surface area contributed by atoms with E-state index >= 15 is 0 Å². The SMILES string of the molecule is CC(C)(C)OC(=O)N1CCC(Oc2ccccn2)C1. The molecule has 2 heterocycles. The average Bonchev–Trinajstić information content (AvgIpc) is 2.77. The second kappa shape index (κ2) is 5.47. The van der Waals surface area contributed by atoms with Crippen molar-refractivity contribution in [3.05, 3.63) is 24.4 Å². The molecule has 1 saturated heterocycles. The first-order valence-electron chi connectivity index (χ1n) is 6.50. The minimum Gasteiger partial charge on any atom is -0.472 e. The summed E-state index contributed by atoms with van der Waals surface area (Å²) in [5.41, 5.74) is -0.461. The maximum Gasteiger partial charge on any atom is 0.410 e. The second-order valence-electron chi connectivity index (χ2n) is 5.62. The zero-order valence-electron chi connectivity index (χ0n) is 11.6. The summed E-state index contributed by atoms with van der Waals surface area (Å²) >= 11 is 0. The number of hydrogen-bond donors (Lipinski definition) is 0. The second-order valence-corrected chi connectivity index (χ2v) is 5.62. The fourth-order valence-corrected chi connectivity index (χ4v) is 1.90. The predicted molar refractivity (Wildman–Crippen MR) is 71.1 cm³/mol. The highest BCUT2D eigenvalue weighted by atomic mass is 16.6. The molecule has 1 aliphatic rings. The molecule has 1 atom stereocenters. The van der Waals surface area contributed by atoms with Gasteiger partial charge in [0.15, 0.2) is 0 Å². The van der Waals surface area contributed by atoms with Crippen LogP contribution in [0.3, 0.4) is 0 Å². The molecule has 0 bridgehead atoms. The Kier molecular flexibility index (Phi) is 3.93. The van der Waals surface area contributed by atoms with E-state index in [0.29, 0.717) is 19.0 Å².